The number of nitrogens with zero attached hydrogens (tertiary/aromatic N) is 1. The highest BCUT2D eigenvalue weighted by molar-refractivity contribution is 9.09. The molecule has 0 N–H and O–H groups in total. The molecule has 2 bridgehead atoms. The summed E-state index contributed by atoms with van der Waals surface area (Å²) in [6, 6.07) is 0. The number of hydrogen-bond donors (Lipinski definition) is 0. The van der Waals surface area contributed by atoms with Crippen molar-refractivity contribution in [2.24, 2.45) is 11.8 Å². The van der Waals surface area contributed by atoms with E-state index in [2.05, 4.69) is 20.8 Å². The SMILES string of the molecule is O=C(CBr)[C@H]1CN2CC[C@@H]1C2. The van der Waals surface area contributed by atoms with Crippen molar-refractivity contribution in [1.82, 2.24) is 4.90 Å². The Balaban J connectivity index is 2.02. The van der Waals surface area contributed by atoms with Gasteiger partial charge in [0, 0.05) is 19.0 Å². The zero-order valence-corrected chi connectivity index (χ0v) is 8.01. The summed E-state index contributed by atoms with van der Waals surface area (Å²) in [4.78, 5) is 13.7. The highest BCUT2D eigenvalue weighted by Gasteiger charge is 2.40. The lowest BCUT2D eigenvalue weighted by Gasteiger charge is -2.19. The van der Waals surface area contributed by atoms with Crippen LogP contribution in [0.2, 0.25) is 0 Å². The van der Waals surface area contributed by atoms with E-state index in [9.17, 15) is 4.79 Å². The molecule has 0 spiro atoms. The van der Waals surface area contributed by atoms with Gasteiger partial charge in [0.05, 0.1) is 5.33 Å². The molecule has 3 heteroatoms. The molecule has 11 heavy (non-hydrogen) atoms. The number of ketones is 1. The number of halogens is 1. The Morgan fingerprint density at radius 2 is 2.36 bits per heavy atom. The highest BCUT2D eigenvalue weighted by atomic mass is 79.9. The van der Waals surface area contributed by atoms with Crippen molar-refractivity contribution in [3.8, 4) is 0 Å². The number of Topliss-reactive ketones (excluding diaryl/α,β-unsaturated/α-hetero) is 1. The number of carbonyl (C=O) groups is 1. The van der Waals surface area contributed by atoms with Gasteiger partial charge < -0.3 is 4.90 Å². The van der Waals surface area contributed by atoms with Crippen LogP contribution in [0.1, 0.15) is 6.42 Å². The fraction of sp³-hybridized carbons (Fsp3) is 0.875. The van der Waals surface area contributed by atoms with Crippen molar-refractivity contribution in [1.29, 1.82) is 0 Å². The summed E-state index contributed by atoms with van der Waals surface area (Å²) in [6.07, 6.45) is 1.24. The molecule has 2 nitrogen and oxygen atoms in total. The Morgan fingerprint density at radius 3 is 2.82 bits per heavy atom. The lowest BCUT2D eigenvalue weighted by atomic mass is 9.90. The van der Waals surface area contributed by atoms with E-state index in [1.807, 2.05) is 0 Å². The van der Waals surface area contributed by atoms with Gasteiger partial charge in [0.15, 0.2) is 0 Å². The van der Waals surface area contributed by atoms with Gasteiger partial charge in [-0.1, -0.05) is 15.9 Å². The fourth-order valence-corrected chi connectivity index (χ4v) is 2.66. The monoisotopic (exact) mass is 217 g/mol. The van der Waals surface area contributed by atoms with Gasteiger partial charge in [0.2, 0.25) is 0 Å². The minimum Gasteiger partial charge on any atom is -0.302 e. The number of piperidine rings is 1. The average Bonchev–Trinajstić information content (AvgIpc) is 2.62. The van der Waals surface area contributed by atoms with Gasteiger partial charge >= 0.3 is 0 Å². The van der Waals surface area contributed by atoms with Crippen molar-refractivity contribution in [2.45, 2.75) is 6.42 Å². The smallest absolute Gasteiger partial charge is 0.148 e. The van der Waals surface area contributed by atoms with Gasteiger partial charge in [-0.2, -0.15) is 0 Å². The Morgan fingerprint density at radius 1 is 1.55 bits per heavy atom. The first-order valence-corrected chi connectivity index (χ1v) is 5.24. The first-order chi connectivity index (χ1) is 5.31. The van der Waals surface area contributed by atoms with Gasteiger partial charge in [-0.3, -0.25) is 4.79 Å². The van der Waals surface area contributed by atoms with Crippen LogP contribution < -0.4 is 0 Å². The van der Waals surface area contributed by atoms with E-state index >= 15 is 0 Å². The molecule has 0 amide bonds. The van der Waals surface area contributed by atoms with Crippen LogP contribution in [0.15, 0.2) is 0 Å². The maximum absolute atomic E-state index is 11.3. The fourth-order valence-electron chi connectivity index (χ4n) is 2.25. The lowest BCUT2D eigenvalue weighted by Crippen LogP contribution is -2.29. The van der Waals surface area contributed by atoms with Gasteiger partial charge in [0.25, 0.3) is 0 Å². The Labute approximate surface area is 75.1 Å². The molecule has 2 aliphatic heterocycles. The Hall–Kier alpha value is 0.110. The lowest BCUT2D eigenvalue weighted by molar-refractivity contribution is -0.121. The van der Waals surface area contributed by atoms with Crippen LogP contribution in [0.4, 0.5) is 0 Å². The molecule has 2 heterocycles. The maximum Gasteiger partial charge on any atom is 0.148 e. The second-order valence-electron chi connectivity index (χ2n) is 3.51. The third-order valence-electron chi connectivity index (χ3n) is 2.88. The summed E-state index contributed by atoms with van der Waals surface area (Å²) in [5, 5.41) is 0.544. The molecule has 2 saturated heterocycles. The molecule has 2 rings (SSSR count). The van der Waals surface area contributed by atoms with E-state index in [-0.39, 0.29) is 0 Å². The summed E-state index contributed by atoms with van der Waals surface area (Å²) < 4.78 is 0. The van der Waals surface area contributed by atoms with Gasteiger partial charge in [-0.05, 0) is 18.9 Å². The molecule has 0 aliphatic carbocycles. The second-order valence-corrected chi connectivity index (χ2v) is 4.08. The van der Waals surface area contributed by atoms with Crippen LogP contribution >= 0.6 is 15.9 Å². The van der Waals surface area contributed by atoms with Crippen LogP contribution in [0.25, 0.3) is 0 Å². The second kappa shape index (κ2) is 2.87. The van der Waals surface area contributed by atoms with E-state index in [0.717, 1.165) is 6.54 Å². The maximum atomic E-state index is 11.3. The standard InChI is InChI=1S/C8H12BrNO/c9-3-8(11)7-5-10-2-1-6(7)4-10/h6-7H,1-5H2/t6-,7+/m1/s1. The van der Waals surface area contributed by atoms with E-state index in [0.29, 0.717) is 22.9 Å². The van der Waals surface area contributed by atoms with Crippen LogP contribution in [-0.2, 0) is 4.79 Å². The van der Waals surface area contributed by atoms with Crippen molar-refractivity contribution in [3.63, 3.8) is 0 Å². The minimum absolute atomic E-state index is 0.350. The molecule has 0 aromatic carbocycles. The molecule has 3 atom stereocenters. The van der Waals surface area contributed by atoms with Gasteiger partial charge in [-0.15, -0.1) is 0 Å². The number of rotatable bonds is 2. The largest absolute Gasteiger partial charge is 0.302 e. The molecule has 0 radical (unpaired) electrons. The Bertz CT molecular complexity index is 183. The summed E-state index contributed by atoms with van der Waals surface area (Å²) in [7, 11) is 0. The predicted molar refractivity (Wildman–Crippen MR) is 46.8 cm³/mol. The molecule has 0 aromatic heterocycles. The van der Waals surface area contributed by atoms with Crippen LogP contribution in [-0.4, -0.2) is 35.6 Å². The zero-order valence-electron chi connectivity index (χ0n) is 6.42. The van der Waals surface area contributed by atoms with Gasteiger partial charge in [-0.25, -0.2) is 0 Å². The summed E-state index contributed by atoms with van der Waals surface area (Å²) in [5.41, 5.74) is 0. The molecule has 2 fully saturated rings. The van der Waals surface area contributed by atoms with E-state index in [1.54, 1.807) is 0 Å². The number of fused-ring (bicyclic) bond motifs is 2. The third-order valence-corrected chi connectivity index (χ3v) is 3.43. The predicted octanol–water partition coefficient (Wildman–Crippen LogP) is 0.902. The number of carbonyl (C=O) groups excluding carboxylic acids is 1. The number of hydrogen-bond acceptors (Lipinski definition) is 2. The third kappa shape index (κ3) is 1.25. The summed E-state index contributed by atoms with van der Waals surface area (Å²) in [5.74, 6) is 1.43. The molecule has 0 aromatic rings. The van der Waals surface area contributed by atoms with Crippen molar-refractivity contribution < 1.29 is 4.79 Å². The quantitative estimate of drug-likeness (QED) is 0.642. The van der Waals surface area contributed by atoms with Crippen molar-refractivity contribution >= 4 is 21.7 Å². The van der Waals surface area contributed by atoms with E-state index < -0.39 is 0 Å². The van der Waals surface area contributed by atoms with E-state index in [4.69, 9.17) is 0 Å². The topological polar surface area (TPSA) is 20.3 Å². The normalized spacial score (nSPS) is 41.4. The average molecular weight is 218 g/mol. The molecule has 2 aliphatic rings. The van der Waals surface area contributed by atoms with Crippen LogP contribution in [0.5, 0.6) is 0 Å². The van der Waals surface area contributed by atoms with Crippen LogP contribution in [0, 0.1) is 11.8 Å². The first kappa shape index (κ1) is 7.74. The summed E-state index contributed by atoms with van der Waals surface area (Å²) >= 11 is 3.23. The molecule has 0 saturated carbocycles. The molecular formula is C8H12BrNO. The van der Waals surface area contributed by atoms with Crippen LogP contribution in [0.3, 0.4) is 0 Å². The number of alkyl halides is 1. The van der Waals surface area contributed by atoms with Gasteiger partial charge in [0.1, 0.15) is 5.78 Å². The van der Waals surface area contributed by atoms with Crippen molar-refractivity contribution in [3.05, 3.63) is 0 Å². The minimum atomic E-state index is 0.350. The highest BCUT2D eigenvalue weighted by Crippen LogP contribution is 2.33. The van der Waals surface area contributed by atoms with Crippen molar-refractivity contribution in [2.75, 3.05) is 25.0 Å². The van der Waals surface area contributed by atoms with E-state index in [1.165, 1.54) is 19.5 Å². The zero-order chi connectivity index (χ0) is 7.84. The Kier molecular flexibility index (Phi) is 2.02. The molecular weight excluding hydrogens is 206 g/mol. The molecule has 1 unspecified atom stereocenters. The first-order valence-electron chi connectivity index (χ1n) is 4.12. The summed E-state index contributed by atoms with van der Waals surface area (Å²) in [6.45, 7) is 3.41. The molecule has 62 valence electrons.